The average molecular weight is 459 g/mol. The average Bonchev–Trinajstić information content (AvgIpc) is 2.77. The zero-order chi connectivity index (χ0) is 23.5. The van der Waals surface area contributed by atoms with Gasteiger partial charge in [-0.3, -0.25) is 4.79 Å². The van der Waals surface area contributed by atoms with Gasteiger partial charge >= 0.3 is 0 Å². The molecule has 1 heterocycles. The number of benzene rings is 2. The minimum atomic E-state index is -3.59. The van der Waals surface area contributed by atoms with Crippen molar-refractivity contribution in [2.45, 2.75) is 58.6 Å². The van der Waals surface area contributed by atoms with Crippen LogP contribution in [0.5, 0.6) is 0 Å². The number of piperidine rings is 1. The SMILES string of the molecule is COCc1cccc(CNC(=O)C2CCN(S(=O)(=O)c3c(C)c(C)cc(C)c3C)CC2)c1. The number of sulfonamides is 1. The standard InChI is InChI=1S/C25H34N2O4S/c1-17-13-18(2)20(4)24(19(17)3)32(29,30)27-11-9-23(10-12-27)25(28)26-15-21-7-6-8-22(14-21)16-31-5/h6-8,13-14,23H,9-12,15-16H2,1-5H3,(H,26,28). The second-order valence-electron chi connectivity index (χ2n) is 8.74. The van der Waals surface area contributed by atoms with E-state index in [1.807, 2.05) is 58.0 Å². The summed E-state index contributed by atoms with van der Waals surface area (Å²) in [6.07, 6.45) is 1.05. The van der Waals surface area contributed by atoms with Crippen LogP contribution in [0.2, 0.25) is 0 Å². The van der Waals surface area contributed by atoms with Gasteiger partial charge in [0, 0.05) is 32.7 Å². The molecule has 0 atom stereocenters. The second kappa shape index (κ2) is 10.1. The lowest BCUT2D eigenvalue weighted by molar-refractivity contribution is -0.126. The van der Waals surface area contributed by atoms with Gasteiger partial charge < -0.3 is 10.1 Å². The van der Waals surface area contributed by atoms with Gasteiger partial charge in [0.1, 0.15) is 0 Å². The fraction of sp³-hybridized carbons (Fsp3) is 0.480. The molecule has 1 fully saturated rings. The highest BCUT2D eigenvalue weighted by molar-refractivity contribution is 7.89. The maximum Gasteiger partial charge on any atom is 0.243 e. The highest BCUT2D eigenvalue weighted by Gasteiger charge is 2.34. The Labute approximate surface area is 192 Å². The van der Waals surface area contributed by atoms with Crippen LogP contribution in [0.1, 0.15) is 46.2 Å². The maximum atomic E-state index is 13.4. The van der Waals surface area contributed by atoms with E-state index >= 15 is 0 Å². The van der Waals surface area contributed by atoms with E-state index in [9.17, 15) is 13.2 Å². The molecule has 1 aliphatic heterocycles. The summed E-state index contributed by atoms with van der Waals surface area (Å²) in [5, 5.41) is 3.01. The van der Waals surface area contributed by atoms with Gasteiger partial charge in [-0.2, -0.15) is 4.31 Å². The molecule has 174 valence electrons. The molecule has 1 amide bonds. The fourth-order valence-corrected chi connectivity index (χ4v) is 6.43. The lowest BCUT2D eigenvalue weighted by Crippen LogP contribution is -2.43. The van der Waals surface area contributed by atoms with E-state index in [1.54, 1.807) is 11.4 Å². The van der Waals surface area contributed by atoms with E-state index in [2.05, 4.69) is 5.32 Å². The Kier molecular flexibility index (Phi) is 7.75. The van der Waals surface area contributed by atoms with Crippen LogP contribution < -0.4 is 5.32 Å². The highest BCUT2D eigenvalue weighted by Crippen LogP contribution is 2.31. The van der Waals surface area contributed by atoms with Crippen molar-refractivity contribution in [2.75, 3.05) is 20.2 Å². The third-order valence-corrected chi connectivity index (χ3v) is 8.66. The summed E-state index contributed by atoms with van der Waals surface area (Å²) in [6, 6.07) is 9.97. The van der Waals surface area contributed by atoms with Crippen molar-refractivity contribution >= 4 is 15.9 Å². The number of carbonyl (C=O) groups excluding carboxylic acids is 1. The molecule has 0 aromatic heterocycles. The number of nitrogens with one attached hydrogen (secondary N) is 1. The molecule has 1 saturated heterocycles. The molecule has 6 nitrogen and oxygen atoms in total. The molecule has 7 heteroatoms. The number of carbonyl (C=O) groups is 1. The molecular weight excluding hydrogens is 424 g/mol. The van der Waals surface area contributed by atoms with Crippen molar-refractivity contribution < 1.29 is 17.9 Å². The fourth-order valence-electron chi connectivity index (χ4n) is 4.38. The van der Waals surface area contributed by atoms with E-state index in [0.29, 0.717) is 44.0 Å². The van der Waals surface area contributed by atoms with Crippen LogP contribution in [0.15, 0.2) is 35.2 Å². The van der Waals surface area contributed by atoms with E-state index in [1.165, 1.54) is 0 Å². The van der Waals surface area contributed by atoms with Gasteiger partial charge in [-0.15, -0.1) is 0 Å². The van der Waals surface area contributed by atoms with Crippen molar-refractivity contribution in [1.29, 1.82) is 0 Å². The van der Waals surface area contributed by atoms with E-state index in [-0.39, 0.29) is 11.8 Å². The quantitative estimate of drug-likeness (QED) is 0.685. The normalized spacial score (nSPS) is 15.7. The predicted molar refractivity (Wildman–Crippen MR) is 126 cm³/mol. The van der Waals surface area contributed by atoms with Gasteiger partial charge in [-0.25, -0.2) is 8.42 Å². The van der Waals surface area contributed by atoms with Crippen LogP contribution in [-0.2, 0) is 32.7 Å². The van der Waals surface area contributed by atoms with Crippen LogP contribution >= 0.6 is 0 Å². The zero-order valence-electron chi connectivity index (χ0n) is 19.7. The topological polar surface area (TPSA) is 75.7 Å². The first-order valence-electron chi connectivity index (χ1n) is 11.1. The van der Waals surface area contributed by atoms with Crippen LogP contribution in [0, 0.1) is 33.6 Å². The molecule has 0 spiro atoms. The molecule has 0 unspecified atom stereocenters. The smallest absolute Gasteiger partial charge is 0.243 e. The van der Waals surface area contributed by atoms with Gasteiger partial charge in [-0.05, 0) is 73.9 Å². The monoisotopic (exact) mass is 458 g/mol. The summed E-state index contributed by atoms with van der Waals surface area (Å²) in [6.45, 7) is 9.34. The number of hydrogen-bond donors (Lipinski definition) is 1. The van der Waals surface area contributed by atoms with Crippen LogP contribution in [0.3, 0.4) is 0 Å². The Bertz CT molecular complexity index is 1060. The third-order valence-electron chi connectivity index (χ3n) is 6.49. The number of ether oxygens (including phenoxy) is 1. The molecule has 2 aromatic rings. The number of amides is 1. The Hall–Kier alpha value is -2.22. The molecule has 3 rings (SSSR count). The highest BCUT2D eigenvalue weighted by atomic mass is 32.2. The minimum Gasteiger partial charge on any atom is -0.380 e. The first kappa shape index (κ1) is 24.4. The molecule has 1 aliphatic rings. The minimum absolute atomic E-state index is 0.0158. The van der Waals surface area contributed by atoms with Crippen molar-refractivity contribution in [3.05, 3.63) is 63.7 Å². The summed E-state index contributed by atoms with van der Waals surface area (Å²) >= 11 is 0. The van der Waals surface area contributed by atoms with Crippen LogP contribution in [-0.4, -0.2) is 38.8 Å². The van der Waals surface area contributed by atoms with Gasteiger partial charge in [0.25, 0.3) is 0 Å². The van der Waals surface area contributed by atoms with Crippen LogP contribution in [0.4, 0.5) is 0 Å². The Balaban J connectivity index is 1.62. The second-order valence-corrected chi connectivity index (χ2v) is 10.6. The number of rotatable bonds is 7. The molecule has 0 radical (unpaired) electrons. The number of hydrogen-bond acceptors (Lipinski definition) is 4. The Morgan fingerprint density at radius 1 is 1.03 bits per heavy atom. The predicted octanol–water partition coefficient (Wildman–Crippen LogP) is 3.78. The maximum absolute atomic E-state index is 13.4. The lowest BCUT2D eigenvalue weighted by Gasteiger charge is -2.31. The summed E-state index contributed by atoms with van der Waals surface area (Å²) in [5.41, 5.74) is 5.67. The molecule has 32 heavy (non-hydrogen) atoms. The number of aryl methyl sites for hydroxylation is 2. The lowest BCUT2D eigenvalue weighted by atomic mass is 9.97. The van der Waals surface area contributed by atoms with Crippen molar-refractivity contribution in [1.82, 2.24) is 9.62 Å². The third kappa shape index (κ3) is 5.22. The first-order valence-corrected chi connectivity index (χ1v) is 12.5. The molecular formula is C25H34N2O4S. The van der Waals surface area contributed by atoms with Gasteiger partial charge in [0.2, 0.25) is 15.9 Å². The largest absolute Gasteiger partial charge is 0.380 e. The Morgan fingerprint density at radius 3 is 2.22 bits per heavy atom. The summed E-state index contributed by atoms with van der Waals surface area (Å²) in [5.74, 6) is -0.192. The molecule has 1 N–H and O–H groups in total. The van der Waals surface area contributed by atoms with Crippen molar-refractivity contribution in [3.63, 3.8) is 0 Å². The summed E-state index contributed by atoms with van der Waals surface area (Å²) < 4.78 is 33.5. The molecule has 0 bridgehead atoms. The first-order chi connectivity index (χ1) is 15.1. The van der Waals surface area contributed by atoms with Gasteiger partial charge in [0.15, 0.2) is 0 Å². The van der Waals surface area contributed by atoms with Gasteiger partial charge in [-0.1, -0.05) is 30.3 Å². The zero-order valence-corrected chi connectivity index (χ0v) is 20.5. The number of methoxy groups -OCH3 is 1. The molecule has 0 saturated carbocycles. The van der Waals surface area contributed by atoms with Crippen LogP contribution in [0.25, 0.3) is 0 Å². The van der Waals surface area contributed by atoms with E-state index in [0.717, 1.165) is 33.4 Å². The van der Waals surface area contributed by atoms with E-state index < -0.39 is 10.0 Å². The Morgan fingerprint density at radius 2 is 1.62 bits per heavy atom. The van der Waals surface area contributed by atoms with Crippen molar-refractivity contribution in [2.24, 2.45) is 5.92 Å². The van der Waals surface area contributed by atoms with Crippen molar-refractivity contribution in [3.8, 4) is 0 Å². The summed E-state index contributed by atoms with van der Waals surface area (Å²) in [7, 11) is -1.94. The number of nitrogens with zero attached hydrogens (tertiary/aromatic N) is 1. The van der Waals surface area contributed by atoms with Gasteiger partial charge in [0.05, 0.1) is 11.5 Å². The molecule has 0 aliphatic carbocycles. The summed E-state index contributed by atoms with van der Waals surface area (Å²) in [4.78, 5) is 13.1. The molecule has 2 aromatic carbocycles. The van der Waals surface area contributed by atoms with E-state index in [4.69, 9.17) is 4.74 Å².